The molecule has 0 amide bonds. The van der Waals surface area contributed by atoms with Gasteiger partial charge in [-0.25, -0.2) is 4.98 Å². The summed E-state index contributed by atoms with van der Waals surface area (Å²) in [5, 5.41) is 10.0. The van der Waals surface area contributed by atoms with E-state index in [4.69, 9.17) is 21.3 Å². The Kier molecular flexibility index (Phi) is 6.02. The van der Waals surface area contributed by atoms with Crippen molar-refractivity contribution >= 4 is 29.1 Å². The highest BCUT2D eigenvalue weighted by Gasteiger charge is 2.27. The van der Waals surface area contributed by atoms with Crippen LogP contribution in [0.25, 0.3) is 0 Å². The van der Waals surface area contributed by atoms with Crippen molar-refractivity contribution in [2.75, 3.05) is 61.1 Å². The van der Waals surface area contributed by atoms with Gasteiger partial charge >= 0.3 is 0 Å². The summed E-state index contributed by atoms with van der Waals surface area (Å²) >= 11 is 6.24. The minimum absolute atomic E-state index is 0.259. The number of hydrogen-bond donors (Lipinski definition) is 0. The lowest BCUT2D eigenvalue weighted by Gasteiger charge is -2.39. The molecule has 0 spiro atoms. The van der Waals surface area contributed by atoms with Crippen LogP contribution in [0.15, 0.2) is 30.5 Å². The summed E-state index contributed by atoms with van der Waals surface area (Å²) in [5.41, 5.74) is 1.45. The lowest BCUT2D eigenvalue weighted by molar-refractivity contribution is 0.122. The number of piperidine rings is 1. The number of anilines is 3. The first kappa shape index (κ1) is 19.7. The molecule has 0 saturated carbocycles. The number of nitrogens with zero attached hydrogens (tertiary/aromatic N) is 6. The van der Waals surface area contributed by atoms with Gasteiger partial charge in [-0.15, -0.1) is 0 Å². The molecule has 0 radical (unpaired) electrons. The lowest BCUT2D eigenvalue weighted by Crippen LogP contribution is -2.47. The zero-order chi connectivity index (χ0) is 20.2. The van der Waals surface area contributed by atoms with Gasteiger partial charge in [0.15, 0.2) is 0 Å². The first-order valence-electron chi connectivity index (χ1n) is 9.99. The Morgan fingerprint density at radius 3 is 2.83 bits per heavy atom. The molecule has 2 aliphatic rings. The summed E-state index contributed by atoms with van der Waals surface area (Å²) in [5.74, 6) is 1.67. The van der Waals surface area contributed by atoms with Gasteiger partial charge in [-0.2, -0.15) is 10.2 Å². The van der Waals surface area contributed by atoms with Crippen molar-refractivity contribution < 1.29 is 4.74 Å². The molecule has 1 aromatic heterocycles. The number of ether oxygens (including phenoxy) is 1. The highest BCUT2D eigenvalue weighted by molar-refractivity contribution is 6.32. The van der Waals surface area contributed by atoms with Gasteiger partial charge in [-0.05, 0) is 31.0 Å². The Labute approximate surface area is 176 Å². The van der Waals surface area contributed by atoms with Gasteiger partial charge in [0.1, 0.15) is 11.9 Å². The zero-order valence-electron chi connectivity index (χ0n) is 16.6. The van der Waals surface area contributed by atoms with Crippen molar-refractivity contribution in [2.24, 2.45) is 0 Å². The molecule has 2 saturated heterocycles. The minimum atomic E-state index is 0.259. The van der Waals surface area contributed by atoms with E-state index in [1.165, 1.54) is 0 Å². The van der Waals surface area contributed by atoms with Crippen LogP contribution < -0.4 is 14.7 Å². The van der Waals surface area contributed by atoms with Crippen LogP contribution in [0.3, 0.4) is 0 Å². The smallest absolute Gasteiger partial charge is 0.227 e. The molecule has 2 aromatic rings. The number of hydrogen-bond acceptors (Lipinski definition) is 7. The molecule has 1 atom stereocenters. The number of nitriles is 1. The summed E-state index contributed by atoms with van der Waals surface area (Å²) in [7, 11) is 2.05. The van der Waals surface area contributed by atoms with Crippen molar-refractivity contribution in [3.05, 3.63) is 41.0 Å². The number of morpholine rings is 1. The fourth-order valence-electron chi connectivity index (χ4n) is 4.02. The lowest BCUT2D eigenvalue weighted by atomic mass is 10.0. The van der Waals surface area contributed by atoms with E-state index in [0.29, 0.717) is 10.6 Å². The van der Waals surface area contributed by atoms with Crippen molar-refractivity contribution in [1.29, 1.82) is 5.26 Å². The number of benzene rings is 1. The fourth-order valence-corrected chi connectivity index (χ4v) is 4.23. The summed E-state index contributed by atoms with van der Waals surface area (Å²) in [6.07, 6.45) is 3.92. The third-order valence-electron chi connectivity index (χ3n) is 5.67. The van der Waals surface area contributed by atoms with Crippen LogP contribution in [0, 0.1) is 11.3 Å². The second-order valence-electron chi connectivity index (χ2n) is 7.41. The van der Waals surface area contributed by atoms with Gasteiger partial charge < -0.3 is 19.4 Å². The third kappa shape index (κ3) is 4.24. The molecule has 7 nitrogen and oxygen atoms in total. The molecular weight excluding hydrogens is 388 g/mol. The molecule has 0 N–H and O–H groups in total. The number of halogens is 1. The van der Waals surface area contributed by atoms with Gasteiger partial charge in [0.25, 0.3) is 0 Å². The van der Waals surface area contributed by atoms with E-state index >= 15 is 0 Å². The largest absolute Gasteiger partial charge is 0.378 e. The highest BCUT2D eigenvalue weighted by Crippen LogP contribution is 2.30. The minimum Gasteiger partial charge on any atom is -0.378 e. The van der Waals surface area contributed by atoms with E-state index in [-0.39, 0.29) is 6.04 Å². The van der Waals surface area contributed by atoms with Crippen LogP contribution >= 0.6 is 11.6 Å². The average Bonchev–Trinajstić information content (AvgIpc) is 2.79. The molecule has 0 bridgehead atoms. The van der Waals surface area contributed by atoms with E-state index in [2.05, 4.69) is 32.8 Å². The topological polar surface area (TPSA) is 68.5 Å². The molecule has 1 unspecified atom stereocenters. The molecule has 152 valence electrons. The van der Waals surface area contributed by atoms with Crippen molar-refractivity contribution in [3.63, 3.8) is 0 Å². The molecule has 29 heavy (non-hydrogen) atoms. The summed E-state index contributed by atoms with van der Waals surface area (Å²) in [4.78, 5) is 16.0. The van der Waals surface area contributed by atoms with Gasteiger partial charge in [0.2, 0.25) is 5.95 Å². The van der Waals surface area contributed by atoms with E-state index in [0.717, 1.165) is 69.7 Å². The average molecular weight is 413 g/mol. The van der Waals surface area contributed by atoms with Crippen LogP contribution in [-0.4, -0.2) is 62.5 Å². The summed E-state index contributed by atoms with van der Waals surface area (Å²) < 4.78 is 5.44. The Morgan fingerprint density at radius 2 is 2.03 bits per heavy atom. The first-order chi connectivity index (χ1) is 14.2. The second-order valence-corrected chi connectivity index (χ2v) is 7.82. The Hall–Kier alpha value is -2.56. The zero-order valence-corrected chi connectivity index (χ0v) is 17.3. The van der Waals surface area contributed by atoms with Crippen LogP contribution in [0.2, 0.25) is 5.02 Å². The number of aromatic nitrogens is 2. The quantitative estimate of drug-likeness (QED) is 0.764. The van der Waals surface area contributed by atoms with Crippen LogP contribution in [0.4, 0.5) is 17.5 Å². The number of likely N-dealkylation sites (N-methyl/N-ethyl adjacent to an activating group) is 1. The molecule has 0 aliphatic carbocycles. The molecule has 1 aromatic carbocycles. The number of rotatable bonds is 4. The maximum atomic E-state index is 9.53. The second kappa shape index (κ2) is 8.85. The van der Waals surface area contributed by atoms with E-state index in [1.54, 1.807) is 6.07 Å². The maximum absolute atomic E-state index is 9.53. The van der Waals surface area contributed by atoms with Crippen LogP contribution in [0.5, 0.6) is 0 Å². The first-order valence-corrected chi connectivity index (χ1v) is 10.4. The fraction of sp³-hybridized carbons (Fsp3) is 0.476. The molecule has 3 heterocycles. The standard InChI is InChI=1S/C21H25ClN6O/c1-26(21-24-8-7-20(25-21)27-10-12-29-13-11-27)16-4-3-9-28(15-16)19-6-2-5-18(22)17(19)14-23/h2,5-8,16H,3-4,9-13,15H2,1H3. The molecule has 4 rings (SSSR count). The van der Waals surface area contributed by atoms with Crippen molar-refractivity contribution in [3.8, 4) is 6.07 Å². The summed E-state index contributed by atoms with van der Waals surface area (Å²) in [6, 6.07) is 10.1. The van der Waals surface area contributed by atoms with E-state index < -0.39 is 0 Å². The van der Waals surface area contributed by atoms with Gasteiger partial charge in [-0.1, -0.05) is 17.7 Å². The monoisotopic (exact) mass is 412 g/mol. The third-order valence-corrected chi connectivity index (χ3v) is 5.98. The van der Waals surface area contributed by atoms with Crippen molar-refractivity contribution in [1.82, 2.24) is 9.97 Å². The summed E-state index contributed by atoms with van der Waals surface area (Å²) in [6.45, 7) is 4.87. The van der Waals surface area contributed by atoms with Crippen molar-refractivity contribution in [2.45, 2.75) is 18.9 Å². The SMILES string of the molecule is CN(c1nccc(N2CCOCC2)n1)C1CCCN(c2cccc(Cl)c2C#N)C1. The normalized spacial score (nSPS) is 19.7. The Morgan fingerprint density at radius 1 is 1.21 bits per heavy atom. The highest BCUT2D eigenvalue weighted by atomic mass is 35.5. The Bertz CT molecular complexity index is 895. The van der Waals surface area contributed by atoms with E-state index in [9.17, 15) is 5.26 Å². The molecule has 2 fully saturated rings. The van der Waals surface area contributed by atoms with Gasteiger partial charge in [-0.3, -0.25) is 0 Å². The van der Waals surface area contributed by atoms with Crippen LogP contribution in [-0.2, 0) is 4.74 Å². The maximum Gasteiger partial charge on any atom is 0.227 e. The molecular formula is C21H25ClN6O. The van der Waals surface area contributed by atoms with E-state index in [1.807, 2.05) is 24.4 Å². The predicted octanol–water partition coefficient (Wildman–Crippen LogP) is 2.94. The Balaban J connectivity index is 1.52. The van der Waals surface area contributed by atoms with Crippen LogP contribution in [0.1, 0.15) is 18.4 Å². The molecule has 8 heteroatoms. The van der Waals surface area contributed by atoms with Gasteiger partial charge in [0, 0.05) is 45.5 Å². The molecule has 2 aliphatic heterocycles. The van der Waals surface area contributed by atoms with Gasteiger partial charge in [0.05, 0.1) is 29.5 Å². The predicted molar refractivity (Wildman–Crippen MR) is 115 cm³/mol.